The molecule has 6 heteroatoms. The van der Waals surface area contributed by atoms with Crippen LogP contribution in [0.3, 0.4) is 0 Å². The van der Waals surface area contributed by atoms with Gasteiger partial charge in [0.1, 0.15) is 0 Å². The molecule has 112 valence electrons. The molecule has 0 spiro atoms. The van der Waals surface area contributed by atoms with Gasteiger partial charge in [0.2, 0.25) is 0 Å². The first kappa shape index (κ1) is 15.8. The summed E-state index contributed by atoms with van der Waals surface area (Å²) in [6.07, 6.45) is 0.939. The van der Waals surface area contributed by atoms with Gasteiger partial charge in [0.15, 0.2) is 9.84 Å². The van der Waals surface area contributed by atoms with E-state index in [1.54, 1.807) is 12.1 Å². The monoisotopic (exact) mass is 318 g/mol. The van der Waals surface area contributed by atoms with E-state index in [1.807, 2.05) is 12.1 Å². The number of aliphatic hydroxyl groups excluding tert-OH is 2. The molecule has 1 fully saturated rings. The molecule has 1 aromatic rings. The van der Waals surface area contributed by atoms with E-state index in [9.17, 15) is 18.6 Å². The van der Waals surface area contributed by atoms with Crippen molar-refractivity contribution >= 4 is 21.4 Å². The van der Waals surface area contributed by atoms with Gasteiger partial charge in [-0.05, 0) is 36.5 Å². The molecule has 0 radical (unpaired) electrons. The zero-order valence-electron chi connectivity index (χ0n) is 11.1. The minimum atomic E-state index is -3.04. The van der Waals surface area contributed by atoms with E-state index >= 15 is 0 Å². The van der Waals surface area contributed by atoms with Gasteiger partial charge < -0.3 is 10.2 Å². The maximum absolute atomic E-state index is 11.6. The summed E-state index contributed by atoms with van der Waals surface area (Å²) < 4.78 is 23.3. The molecule has 1 aliphatic rings. The highest BCUT2D eigenvalue weighted by molar-refractivity contribution is 7.91. The molecule has 2 rings (SSSR count). The summed E-state index contributed by atoms with van der Waals surface area (Å²) in [4.78, 5) is 0. The van der Waals surface area contributed by atoms with Gasteiger partial charge in [0, 0.05) is 10.4 Å². The van der Waals surface area contributed by atoms with Gasteiger partial charge in [-0.15, -0.1) is 0 Å². The molecule has 0 aliphatic carbocycles. The molecule has 1 atom stereocenters. The van der Waals surface area contributed by atoms with Gasteiger partial charge in [-0.2, -0.15) is 0 Å². The van der Waals surface area contributed by atoms with Crippen molar-refractivity contribution in [2.24, 2.45) is 11.3 Å². The number of halogens is 1. The highest BCUT2D eigenvalue weighted by Crippen LogP contribution is 2.38. The number of rotatable bonds is 5. The zero-order chi connectivity index (χ0) is 14.8. The van der Waals surface area contributed by atoms with Crippen LogP contribution in [0.4, 0.5) is 0 Å². The van der Waals surface area contributed by atoms with Crippen LogP contribution >= 0.6 is 11.6 Å². The molecule has 1 heterocycles. The molecule has 1 unspecified atom stereocenters. The molecule has 0 amide bonds. The van der Waals surface area contributed by atoms with Crippen molar-refractivity contribution in [2.45, 2.75) is 12.8 Å². The normalized spacial score (nSPS) is 22.1. The van der Waals surface area contributed by atoms with Crippen molar-refractivity contribution in [1.82, 2.24) is 0 Å². The number of hydrogen-bond acceptors (Lipinski definition) is 4. The summed E-state index contributed by atoms with van der Waals surface area (Å²) in [7, 11) is -3.04. The van der Waals surface area contributed by atoms with Crippen LogP contribution in [0.5, 0.6) is 0 Å². The summed E-state index contributed by atoms with van der Waals surface area (Å²) in [5, 5.41) is 20.1. The Labute approximate surface area is 124 Å². The fourth-order valence-electron chi connectivity index (χ4n) is 2.85. The first-order valence-electron chi connectivity index (χ1n) is 6.57. The second-order valence-corrected chi connectivity index (χ2v) is 8.25. The molecule has 1 saturated heterocycles. The summed E-state index contributed by atoms with van der Waals surface area (Å²) in [6.45, 7) is -0.460. The molecule has 1 aromatic carbocycles. The Hall–Kier alpha value is -0.620. The first-order valence-corrected chi connectivity index (χ1v) is 8.77. The van der Waals surface area contributed by atoms with Gasteiger partial charge in [-0.1, -0.05) is 23.7 Å². The average molecular weight is 319 g/mol. The summed E-state index contributed by atoms with van der Waals surface area (Å²) in [5.41, 5.74) is 0.138. The molecule has 1 aliphatic heterocycles. The van der Waals surface area contributed by atoms with E-state index < -0.39 is 15.3 Å². The van der Waals surface area contributed by atoms with Crippen LogP contribution in [0.1, 0.15) is 12.0 Å². The van der Waals surface area contributed by atoms with E-state index in [0.717, 1.165) is 5.56 Å². The summed E-state index contributed by atoms with van der Waals surface area (Å²) in [6, 6.07) is 7.18. The van der Waals surface area contributed by atoms with Crippen LogP contribution in [0.25, 0.3) is 0 Å². The highest BCUT2D eigenvalue weighted by Gasteiger charge is 2.44. The predicted octanol–water partition coefficient (Wildman–Crippen LogP) is 1.29. The van der Waals surface area contributed by atoms with Gasteiger partial charge in [-0.25, -0.2) is 8.42 Å². The van der Waals surface area contributed by atoms with Gasteiger partial charge in [0.25, 0.3) is 0 Å². The van der Waals surface area contributed by atoms with E-state index in [2.05, 4.69) is 0 Å². The standard InChI is InChI=1S/C14H19ClO4S/c15-13-3-1-11(2-4-13)7-14(9-16,10-17)12-5-6-20(18,19)8-12/h1-4,12,16-17H,5-10H2. The lowest BCUT2D eigenvalue weighted by Crippen LogP contribution is -2.41. The Balaban J connectivity index is 2.23. The van der Waals surface area contributed by atoms with Crippen molar-refractivity contribution in [2.75, 3.05) is 24.7 Å². The molecule has 0 bridgehead atoms. The number of hydrogen-bond donors (Lipinski definition) is 2. The maximum atomic E-state index is 11.6. The number of sulfone groups is 1. The minimum absolute atomic E-state index is 0.0434. The number of aliphatic hydroxyl groups is 2. The molecule has 2 N–H and O–H groups in total. The van der Waals surface area contributed by atoms with E-state index in [4.69, 9.17) is 11.6 Å². The van der Waals surface area contributed by atoms with Crippen LogP contribution in [-0.2, 0) is 16.3 Å². The maximum Gasteiger partial charge on any atom is 0.150 e. The van der Waals surface area contributed by atoms with Crippen molar-refractivity contribution in [3.05, 3.63) is 34.9 Å². The SMILES string of the molecule is O=S1(=O)CCC(C(CO)(CO)Cc2ccc(Cl)cc2)C1. The second kappa shape index (κ2) is 6.02. The highest BCUT2D eigenvalue weighted by atomic mass is 35.5. The predicted molar refractivity (Wildman–Crippen MR) is 78.5 cm³/mol. The third-order valence-electron chi connectivity index (χ3n) is 4.20. The van der Waals surface area contributed by atoms with Crippen LogP contribution < -0.4 is 0 Å². The fraction of sp³-hybridized carbons (Fsp3) is 0.571. The van der Waals surface area contributed by atoms with Crippen molar-refractivity contribution < 1.29 is 18.6 Å². The Morgan fingerprint density at radius 2 is 1.80 bits per heavy atom. The van der Waals surface area contributed by atoms with Gasteiger partial charge >= 0.3 is 0 Å². The molecule has 20 heavy (non-hydrogen) atoms. The third-order valence-corrected chi connectivity index (χ3v) is 6.22. The Morgan fingerprint density at radius 3 is 2.25 bits per heavy atom. The van der Waals surface area contributed by atoms with Crippen molar-refractivity contribution in [3.8, 4) is 0 Å². The summed E-state index contributed by atoms with van der Waals surface area (Å²) in [5.74, 6) is -0.0277. The molecular formula is C14H19ClO4S. The lowest BCUT2D eigenvalue weighted by Gasteiger charge is -2.35. The van der Waals surface area contributed by atoms with Crippen LogP contribution in [0.2, 0.25) is 5.02 Å². The lowest BCUT2D eigenvalue weighted by atomic mass is 9.72. The van der Waals surface area contributed by atoms with Crippen LogP contribution in [-0.4, -0.2) is 43.4 Å². The Morgan fingerprint density at radius 1 is 1.20 bits per heavy atom. The topological polar surface area (TPSA) is 74.6 Å². The van der Waals surface area contributed by atoms with E-state index in [0.29, 0.717) is 17.9 Å². The van der Waals surface area contributed by atoms with Crippen molar-refractivity contribution in [1.29, 1.82) is 0 Å². The van der Waals surface area contributed by atoms with Crippen molar-refractivity contribution in [3.63, 3.8) is 0 Å². The smallest absolute Gasteiger partial charge is 0.150 e. The average Bonchev–Trinajstić information content (AvgIpc) is 2.79. The van der Waals surface area contributed by atoms with Crippen LogP contribution in [0.15, 0.2) is 24.3 Å². The second-order valence-electron chi connectivity index (χ2n) is 5.58. The Kier molecular flexibility index (Phi) is 4.74. The number of benzene rings is 1. The molecule has 4 nitrogen and oxygen atoms in total. The van der Waals surface area contributed by atoms with E-state index in [-0.39, 0.29) is 30.6 Å². The minimum Gasteiger partial charge on any atom is -0.396 e. The zero-order valence-corrected chi connectivity index (χ0v) is 12.7. The quantitative estimate of drug-likeness (QED) is 0.858. The molecule has 0 aromatic heterocycles. The fourth-order valence-corrected chi connectivity index (χ4v) is 4.92. The molecular weight excluding hydrogens is 300 g/mol. The van der Waals surface area contributed by atoms with Crippen LogP contribution in [0, 0.1) is 11.3 Å². The molecule has 0 saturated carbocycles. The summed E-state index contributed by atoms with van der Waals surface area (Å²) >= 11 is 5.84. The Bertz CT molecular complexity index is 549. The van der Waals surface area contributed by atoms with Gasteiger partial charge in [0.05, 0.1) is 24.7 Å². The first-order chi connectivity index (χ1) is 9.41. The van der Waals surface area contributed by atoms with Gasteiger partial charge in [-0.3, -0.25) is 0 Å². The third kappa shape index (κ3) is 3.34. The lowest BCUT2D eigenvalue weighted by molar-refractivity contribution is 0.0124. The largest absolute Gasteiger partial charge is 0.396 e. The van der Waals surface area contributed by atoms with E-state index in [1.165, 1.54) is 0 Å².